The minimum Gasteiger partial charge on any atom is -0.454 e. The number of carbonyl (C=O) groups excluding carboxylic acids is 1. The van der Waals surface area contributed by atoms with Crippen molar-refractivity contribution in [2.45, 2.75) is 6.54 Å². The molecule has 1 amide bonds. The van der Waals surface area contributed by atoms with Gasteiger partial charge >= 0.3 is 0 Å². The van der Waals surface area contributed by atoms with E-state index >= 15 is 0 Å². The zero-order chi connectivity index (χ0) is 22.2. The Labute approximate surface area is 191 Å². The summed E-state index contributed by atoms with van der Waals surface area (Å²) in [6.45, 7) is 4.26. The quantitative estimate of drug-likeness (QED) is 0.484. The minimum absolute atomic E-state index is 0.0831. The average Bonchev–Trinajstić information content (AvgIpc) is 3.51. The van der Waals surface area contributed by atoms with Crippen molar-refractivity contribution < 1.29 is 14.3 Å². The summed E-state index contributed by atoms with van der Waals surface area (Å²) in [5.74, 6) is 1.70. The lowest BCUT2D eigenvalue weighted by Crippen LogP contribution is -2.48. The maximum atomic E-state index is 13.1. The van der Waals surface area contributed by atoms with Crippen molar-refractivity contribution in [1.29, 1.82) is 0 Å². The Morgan fingerprint density at radius 3 is 2.52 bits per heavy atom. The van der Waals surface area contributed by atoms with Crippen LogP contribution < -0.4 is 9.47 Å². The Balaban J connectivity index is 1.09. The van der Waals surface area contributed by atoms with E-state index in [-0.39, 0.29) is 5.91 Å². The third-order valence-electron chi connectivity index (χ3n) is 6.35. The Morgan fingerprint density at radius 2 is 1.67 bits per heavy atom. The number of aromatic nitrogens is 2. The van der Waals surface area contributed by atoms with Crippen molar-refractivity contribution >= 4 is 16.9 Å². The van der Waals surface area contributed by atoms with Crippen LogP contribution in [0.1, 0.15) is 15.9 Å². The molecule has 7 heteroatoms. The van der Waals surface area contributed by atoms with Crippen molar-refractivity contribution in [3.63, 3.8) is 0 Å². The van der Waals surface area contributed by atoms with Crippen LogP contribution in [-0.2, 0) is 6.54 Å². The Kier molecular flexibility index (Phi) is 4.96. The van der Waals surface area contributed by atoms with Gasteiger partial charge in [-0.2, -0.15) is 0 Å². The summed E-state index contributed by atoms with van der Waals surface area (Å²) in [5, 5.41) is 0. The number of imidazole rings is 1. The molecular formula is C26H24N4O3. The van der Waals surface area contributed by atoms with Gasteiger partial charge in [-0.15, -0.1) is 0 Å². The van der Waals surface area contributed by atoms with Gasteiger partial charge in [0.15, 0.2) is 11.5 Å². The highest BCUT2D eigenvalue weighted by Gasteiger charge is 2.23. The summed E-state index contributed by atoms with van der Waals surface area (Å²) in [4.78, 5) is 21.8. The molecule has 3 aromatic carbocycles. The van der Waals surface area contributed by atoms with Crippen LogP contribution in [0.2, 0.25) is 0 Å². The fraction of sp³-hybridized carbons (Fsp3) is 0.231. The monoisotopic (exact) mass is 440 g/mol. The Morgan fingerprint density at radius 1 is 0.879 bits per heavy atom. The van der Waals surface area contributed by atoms with E-state index in [1.165, 1.54) is 5.56 Å². The molecule has 2 aliphatic rings. The van der Waals surface area contributed by atoms with E-state index in [0.717, 1.165) is 60.9 Å². The predicted octanol–water partition coefficient (Wildman–Crippen LogP) is 3.71. The van der Waals surface area contributed by atoms with Gasteiger partial charge in [-0.1, -0.05) is 18.2 Å². The highest BCUT2D eigenvalue weighted by molar-refractivity contribution is 5.94. The van der Waals surface area contributed by atoms with Crippen molar-refractivity contribution in [2.75, 3.05) is 33.0 Å². The van der Waals surface area contributed by atoms with Crippen LogP contribution in [0.25, 0.3) is 16.7 Å². The summed E-state index contributed by atoms with van der Waals surface area (Å²) in [5.41, 5.74) is 4.91. The van der Waals surface area contributed by atoms with Gasteiger partial charge in [-0.3, -0.25) is 14.3 Å². The number of hydrogen-bond acceptors (Lipinski definition) is 5. The first-order chi connectivity index (χ1) is 16.2. The van der Waals surface area contributed by atoms with E-state index in [4.69, 9.17) is 9.47 Å². The number of hydrogen-bond donors (Lipinski definition) is 0. The summed E-state index contributed by atoms with van der Waals surface area (Å²) >= 11 is 0. The van der Waals surface area contributed by atoms with Gasteiger partial charge in [0.1, 0.15) is 6.33 Å². The number of ether oxygens (including phenoxy) is 2. The zero-order valence-corrected chi connectivity index (χ0v) is 18.2. The number of benzene rings is 3. The van der Waals surface area contributed by atoms with E-state index < -0.39 is 0 Å². The zero-order valence-electron chi connectivity index (χ0n) is 18.2. The molecule has 0 saturated carbocycles. The molecule has 2 aliphatic heterocycles. The standard InChI is InChI=1S/C26H24N4O3/c31-26(20-6-8-21(9-7-20)30-17-27-22-3-1-2-4-23(22)30)29-13-11-28(12-14-29)16-19-5-10-24-25(15-19)33-18-32-24/h1-10,15,17H,11-14,16,18H2. The molecule has 1 aromatic heterocycles. The molecule has 0 atom stereocenters. The molecular weight excluding hydrogens is 416 g/mol. The van der Waals surface area contributed by atoms with E-state index in [1.54, 1.807) is 0 Å². The first kappa shape index (κ1) is 19.8. The molecule has 0 aliphatic carbocycles. The molecule has 4 aromatic rings. The maximum Gasteiger partial charge on any atom is 0.253 e. The number of carbonyl (C=O) groups is 1. The van der Waals surface area contributed by atoms with Crippen LogP contribution in [0.5, 0.6) is 11.5 Å². The highest BCUT2D eigenvalue weighted by atomic mass is 16.7. The van der Waals surface area contributed by atoms with Crippen LogP contribution in [0.4, 0.5) is 0 Å². The van der Waals surface area contributed by atoms with Crippen molar-refractivity contribution in [1.82, 2.24) is 19.4 Å². The summed E-state index contributed by atoms with van der Waals surface area (Å²) < 4.78 is 12.9. The first-order valence-electron chi connectivity index (χ1n) is 11.2. The second-order valence-corrected chi connectivity index (χ2v) is 8.41. The van der Waals surface area contributed by atoms with E-state index in [2.05, 4.69) is 16.0 Å². The van der Waals surface area contributed by atoms with Gasteiger partial charge in [0, 0.05) is 44.0 Å². The topological polar surface area (TPSA) is 59.8 Å². The number of para-hydroxylation sites is 2. The average molecular weight is 441 g/mol. The SMILES string of the molecule is O=C(c1ccc(-n2cnc3ccccc32)cc1)N1CCN(Cc2ccc3c(c2)OCO3)CC1. The molecule has 0 unspecified atom stereocenters. The van der Waals surface area contributed by atoms with Crippen molar-refractivity contribution in [3.8, 4) is 17.2 Å². The van der Waals surface area contributed by atoms with Gasteiger partial charge in [-0.25, -0.2) is 4.98 Å². The lowest BCUT2D eigenvalue weighted by Gasteiger charge is -2.34. The van der Waals surface area contributed by atoms with Crippen LogP contribution >= 0.6 is 0 Å². The van der Waals surface area contributed by atoms with E-state index in [0.29, 0.717) is 12.4 Å². The molecule has 33 heavy (non-hydrogen) atoms. The third-order valence-corrected chi connectivity index (χ3v) is 6.35. The molecule has 0 bridgehead atoms. The fourth-order valence-corrected chi connectivity index (χ4v) is 4.52. The molecule has 1 fully saturated rings. The van der Waals surface area contributed by atoms with Crippen molar-refractivity contribution in [2.24, 2.45) is 0 Å². The molecule has 0 N–H and O–H groups in total. The van der Waals surface area contributed by atoms with Crippen LogP contribution in [0.3, 0.4) is 0 Å². The van der Waals surface area contributed by atoms with Crippen LogP contribution in [-0.4, -0.2) is 58.2 Å². The summed E-state index contributed by atoms with van der Waals surface area (Å²) in [6.07, 6.45) is 1.82. The molecule has 7 nitrogen and oxygen atoms in total. The van der Waals surface area contributed by atoms with Crippen LogP contribution in [0, 0.1) is 0 Å². The van der Waals surface area contributed by atoms with Crippen LogP contribution in [0.15, 0.2) is 73.1 Å². The third kappa shape index (κ3) is 3.81. The second kappa shape index (κ2) is 8.26. The highest BCUT2D eigenvalue weighted by Crippen LogP contribution is 2.33. The molecule has 1 saturated heterocycles. The lowest BCUT2D eigenvalue weighted by molar-refractivity contribution is 0.0628. The summed E-state index contributed by atoms with van der Waals surface area (Å²) in [6, 6.07) is 21.9. The second-order valence-electron chi connectivity index (χ2n) is 8.41. The fourth-order valence-electron chi connectivity index (χ4n) is 4.52. The normalized spacial score (nSPS) is 15.8. The molecule has 6 rings (SSSR count). The van der Waals surface area contributed by atoms with E-state index in [9.17, 15) is 4.79 Å². The molecule has 3 heterocycles. The Bertz CT molecular complexity index is 1310. The molecule has 0 radical (unpaired) electrons. The van der Waals surface area contributed by atoms with E-state index in [1.807, 2.05) is 76.5 Å². The van der Waals surface area contributed by atoms with Gasteiger partial charge in [0.25, 0.3) is 5.91 Å². The van der Waals surface area contributed by atoms with Gasteiger partial charge in [-0.05, 0) is 54.1 Å². The maximum absolute atomic E-state index is 13.1. The number of piperazine rings is 1. The summed E-state index contributed by atoms with van der Waals surface area (Å²) in [7, 11) is 0. The Hall–Kier alpha value is -3.84. The van der Waals surface area contributed by atoms with Crippen molar-refractivity contribution in [3.05, 3.63) is 84.2 Å². The van der Waals surface area contributed by atoms with Gasteiger partial charge < -0.3 is 14.4 Å². The van der Waals surface area contributed by atoms with Gasteiger partial charge in [0.2, 0.25) is 6.79 Å². The minimum atomic E-state index is 0.0831. The van der Waals surface area contributed by atoms with Gasteiger partial charge in [0.05, 0.1) is 11.0 Å². The number of fused-ring (bicyclic) bond motifs is 2. The predicted molar refractivity (Wildman–Crippen MR) is 125 cm³/mol. The number of amides is 1. The first-order valence-corrected chi connectivity index (χ1v) is 11.2. The number of nitrogens with zero attached hydrogens (tertiary/aromatic N) is 4. The molecule has 166 valence electrons. The lowest BCUT2D eigenvalue weighted by atomic mass is 10.1. The smallest absolute Gasteiger partial charge is 0.253 e. The number of rotatable bonds is 4. The largest absolute Gasteiger partial charge is 0.454 e. The molecule has 0 spiro atoms.